The van der Waals surface area contributed by atoms with Crippen LogP contribution < -0.4 is 4.72 Å². The average molecular weight is 523 g/mol. The predicted molar refractivity (Wildman–Crippen MR) is 137 cm³/mol. The van der Waals surface area contributed by atoms with Gasteiger partial charge in [-0.25, -0.2) is 22.5 Å². The molecule has 1 aliphatic rings. The van der Waals surface area contributed by atoms with Crippen LogP contribution in [0.5, 0.6) is 0 Å². The molecule has 0 amide bonds. The molecule has 2 aromatic heterocycles. The zero-order valence-corrected chi connectivity index (χ0v) is 21.0. The fourth-order valence-electron chi connectivity index (χ4n) is 4.08. The molecule has 1 saturated heterocycles. The summed E-state index contributed by atoms with van der Waals surface area (Å²) in [5, 5.41) is 0. The van der Waals surface area contributed by atoms with E-state index in [2.05, 4.69) is 14.7 Å². The molecule has 4 aromatic rings. The number of sulfonamides is 1. The quantitative estimate of drug-likeness (QED) is 0.354. The van der Waals surface area contributed by atoms with Gasteiger partial charge in [0.2, 0.25) is 16.3 Å². The summed E-state index contributed by atoms with van der Waals surface area (Å²) in [5.74, 6) is 0.0466. The molecular formula is C27H27FN4O4S. The van der Waals surface area contributed by atoms with E-state index in [1.54, 1.807) is 36.7 Å². The number of nitrogens with one attached hydrogen (secondary N) is 2. The number of halogens is 1. The topological polar surface area (TPSA) is 106 Å². The van der Waals surface area contributed by atoms with Crippen molar-refractivity contribution >= 4 is 10.0 Å². The second-order valence-electron chi connectivity index (χ2n) is 9.42. The lowest BCUT2D eigenvalue weighted by Crippen LogP contribution is -2.45. The second kappa shape index (κ2) is 10.5. The minimum absolute atomic E-state index is 0.0927. The van der Waals surface area contributed by atoms with Crippen molar-refractivity contribution in [1.82, 2.24) is 19.7 Å². The van der Waals surface area contributed by atoms with Crippen molar-refractivity contribution in [3.8, 4) is 22.5 Å². The molecule has 5 rings (SSSR count). The first kappa shape index (κ1) is 25.2. The number of hydrogen-bond donors (Lipinski definition) is 2. The van der Waals surface area contributed by atoms with Gasteiger partial charge in [-0.2, -0.15) is 0 Å². The summed E-state index contributed by atoms with van der Waals surface area (Å²) < 4.78 is 53.3. The Bertz CT molecular complexity index is 1440. The first-order valence-electron chi connectivity index (χ1n) is 11.8. The highest BCUT2D eigenvalue weighted by Crippen LogP contribution is 2.35. The van der Waals surface area contributed by atoms with E-state index in [4.69, 9.17) is 14.5 Å². The number of ether oxygens (including phenoxy) is 2. The first-order valence-corrected chi connectivity index (χ1v) is 13.5. The summed E-state index contributed by atoms with van der Waals surface area (Å²) in [4.78, 5) is 12.1. The number of aromatic nitrogens is 3. The lowest BCUT2D eigenvalue weighted by Gasteiger charge is -2.36. The summed E-state index contributed by atoms with van der Waals surface area (Å²) in [6.45, 7) is 2.62. The van der Waals surface area contributed by atoms with Crippen LogP contribution in [0.2, 0.25) is 0 Å². The highest BCUT2D eigenvalue weighted by Gasteiger charge is 2.36. The molecule has 0 saturated carbocycles. The maximum atomic E-state index is 13.5. The largest absolute Gasteiger partial charge is 0.345 e. The van der Waals surface area contributed by atoms with E-state index in [-0.39, 0.29) is 31.3 Å². The van der Waals surface area contributed by atoms with E-state index in [9.17, 15) is 12.8 Å². The average Bonchev–Trinajstić information content (AvgIpc) is 3.35. The van der Waals surface area contributed by atoms with Crippen molar-refractivity contribution in [2.24, 2.45) is 5.41 Å². The molecule has 3 heterocycles. The molecular weight excluding hydrogens is 495 g/mol. The SMILES string of the molecule is CC1(CNS(=O)(=O)Cc2ccccc2)COC(c2nc(-c3ccc(F)cc3)c(-c3ccncc3)[nH]2)OC1. The van der Waals surface area contributed by atoms with Crippen LogP contribution in [0.15, 0.2) is 79.1 Å². The van der Waals surface area contributed by atoms with Gasteiger partial charge in [-0.3, -0.25) is 4.98 Å². The van der Waals surface area contributed by atoms with Crippen LogP contribution in [0, 0.1) is 11.2 Å². The number of rotatable bonds is 8. The molecule has 0 atom stereocenters. The summed E-state index contributed by atoms with van der Waals surface area (Å²) in [6, 6.07) is 18.8. The number of nitrogens with zero attached hydrogens (tertiary/aromatic N) is 2. The summed E-state index contributed by atoms with van der Waals surface area (Å²) >= 11 is 0. The van der Waals surface area contributed by atoms with E-state index in [0.717, 1.165) is 22.4 Å². The Morgan fingerprint density at radius 3 is 2.35 bits per heavy atom. The van der Waals surface area contributed by atoms with Crippen molar-refractivity contribution in [3.63, 3.8) is 0 Å². The van der Waals surface area contributed by atoms with Crippen LogP contribution in [0.3, 0.4) is 0 Å². The highest BCUT2D eigenvalue weighted by molar-refractivity contribution is 7.88. The van der Waals surface area contributed by atoms with Crippen molar-refractivity contribution in [3.05, 3.63) is 96.3 Å². The molecule has 8 nitrogen and oxygen atoms in total. The summed E-state index contributed by atoms with van der Waals surface area (Å²) in [6.07, 6.45) is 2.61. The normalized spacial score (nSPS) is 20.1. The molecule has 0 bridgehead atoms. The molecule has 2 N–H and O–H groups in total. The second-order valence-corrected chi connectivity index (χ2v) is 11.2. The molecule has 0 unspecified atom stereocenters. The van der Waals surface area contributed by atoms with Crippen molar-refractivity contribution in [1.29, 1.82) is 0 Å². The van der Waals surface area contributed by atoms with Gasteiger partial charge in [-0.15, -0.1) is 0 Å². The van der Waals surface area contributed by atoms with E-state index < -0.39 is 21.7 Å². The molecule has 2 aromatic carbocycles. The van der Waals surface area contributed by atoms with Gasteiger partial charge in [-0.05, 0) is 42.0 Å². The van der Waals surface area contributed by atoms with Crippen LogP contribution in [-0.4, -0.2) is 43.1 Å². The zero-order valence-electron chi connectivity index (χ0n) is 20.2. The third kappa shape index (κ3) is 6.11. The molecule has 0 spiro atoms. The van der Waals surface area contributed by atoms with Crippen LogP contribution in [0.1, 0.15) is 24.6 Å². The van der Waals surface area contributed by atoms with E-state index in [1.807, 2.05) is 37.3 Å². The molecule has 37 heavy (non-hydrogen) atoms. The van der Waals surface area contributed by atoms with Crippen molar-refractivity contribution in [2.75, 3.05) is 19.8 Å². The maximum absolute atomic E-state index is 13.5. The standard InChI is InChI=1S/C27H27FN4O4S/c1-27(16-30-37(33,34)15-19-5-3-2-4-6-19)17-35-26(36-18-27)25-31-23(20-7-9-22(28)10-8-20)24(32-25)21-11-13-29-14-12-21/h2-14,26,30H,15-18H2,1H3,(H,31,32). The van der Waals surface area contributed by atoms with Gasteiger partial charge >= 0.3 is 0 Å². The van der Waals surface area contributed by atoms with Gasteiger partial charge < -0.3 is 14.5 Å². The lowest BCUT2D eigenvalue weighted by molar-refractivity contribution is -0.231. The van der Waals surface area contributed by atoms with Gasteiger partial charge in [0.25, 0.3) is 0 Å². The number of aromatic amines is 1. The number of benzene rings is 2. The Morgan fingerprint density at radius 1 is 1.00 bits per heavy atom. The molecule has 192 valence electrons. The minimum Gasteiger partial charge on any atom is -0.345 e. The van der Waals surface area contributed by atoms with E-state index in [1.165, 1.54) is 12.1 Å². The maximum Gasteiger partial charge on any atom is 0.217 e. The van der Waals surface area contributed by atoms with Crippen LogP contribution in [0.4, 0.5) is 4.39 Å². The van der Waals surface area contributed by atoms with Crippen LogP contribution >= 0.6 is 0 Å². The number of imidazole rings is 1. The highest BCUT2D eigenvalue weighted by atomic mass is 32.2. The monoisotopic (exact) mass is 522 g/mol. The van der Waals surface area contributed by atoms with Crippen LogP contribution in [0.25, 0.3) is 22.5 Å². The lowest BCUT2D eigenvalue weighted by atomic mass is 9.92. The number of pyridine rings is 1. The molecule has 10 heteroatoms. The van der Waals surface area contributed by atoms with Gasteiger partial charge in [0, 0.05) is 35.5 Å². The Balaban J connectivity index is 1.29. The van der Waals surface area contributed by atoms with Gasteiger partial charge in [0.15, 0.2) is 5.82 Å². The third-order valence-corrected chi connectivity index (χ3v) is 7.41. The first-order chi connectivity index (χ1) is 17.8. The van der Waals surface area contributed by atoms with E-state index in [0.29, 0.717) is 11.5 Å². The fraction of sp³-hybridized carbons (Fsp3) is 0.259. The summed E-state index contributed by atoms with van der Waals surface area (Å²) in [7, 11) is -3.52. The van der Waals surface area contributed by atoms with Gasteiger partial charge in [0.05, 0.1) is 30.4 Å². The fourth-order valence-corrected chi connectivity index (χ4v) is 5.38. The van der Waals surface area contributed by atoms with Crippen LogP contribution in [-0.2, 0) is 25.2 Å². The number of hydrogen-bond acceptors (Lipinski definition) is 6. The molecule has 1 aliphatic heterocycles. The predicted octanol–water partition coefficient (Wildman–Crippen LogP) is 4.45. The van der Waals surface area contributed by atoms with Gasteiger partial charge in [-0.1, -0.05) is 37.3 Å². The Labute approximate surface area is 215 Å². The Kier molecular flexibility index (Phi) is 7.16. The van der Waals surface area contributed by atoms with Gasteiger partial charge in [0.1, 0.15) is 5.82 Å². The molecule has 0 aliphatic carbocycles. The summed E-state index contributed by atoms with van der Waals surface area (Å²) in [5.41, 5.74) is 3.14. The minimum atomic E-state index is -3.52. The third-order valence-electron chi connectivity index (χ3n) is 6.12. The smallest absolute Gasteiger partial charge is 0.217 e. The van der Waals surface area contributed by atoms with Crippen molar-refractivity contribution in [2.45, 2.75) is 19.0 Å². The zero-order chi connectivity index (χ0) is 25.9. The molecule has 0 radical (unpaired) electrons. The molecule has 1 fully saturated rings. The van der Waals surface area contributed by atoms with Crippen molar-refractivity contribution < 1.29 is 22.3 Å². The van der Waals surface area contributed by atoms with E-state index >= 15 is 0 Å². The Morgan fingerprint density at radius 2 is 1.68 bits per heavy atom. The Hall–Kier alpha value is -3.44. The number of H-pyrrole nitrogens is 1.